The molecule has 0 unspecified atom stereocenters. The van der Waals surface area contributed by atoms with Gasteiger partial charge >= 0.3 is 0 Å². The van der Waals surface area contributed by atoms with E-state index in [1.54, 1.807) is 7.11 Å². The fraction of sp³-hybridized carbons (Fsp3) is 0.118. The molecule has 0 spiro atoms. The number of hydrogen-bond acceptors (Lipinski definition) is 2. The van der Waals surface area contributed by atoms with Gasteiger partial charge in [-0.2, -0.15) is 0 Å². The van der Waals surface area contributed by atoms with Gasteiger partial charge < -0.3 is 9.30 Å². The first kappa shape index (κ1) is 13.7. The van der Waals surface area contributed by atoms with Crippen LogP contribution in [0.25, 0.3) is 10.9 Å². The number of fused-ring (bicyclic) bond motifs is 1. The number of aromatic nitrogens is 1. The topological polar surface area (TPSA) is 31.2 Å². The van der Waals surface area contributed by atoms with Gasteiger partial charge in [0.2, 0.25) is 0 Å². The minimum absolute atomic E-state index is 0.474. The Bertz CT molecular complexity index is 790. The van der Waals surface area contributed by atoms with E-state index in [0.29, 0.717) is 17.3 Å². The molecule has 3 aromatic rings. The summed E-state index contributed by atoms with van der Waals surface area (Å²) in [5.74, 6) is 0.816. The third-order valence-electron chi connectivity index (χ3n) is 3.56. The molecule has 0 radical (unpaired) electrons. The van der Waals surface area contributed by atoms with Crippen molar-refractivity contribution in [1.29, 1.82) is 0 Å². The van der Waals surface area contributed by atoms with Crippen LogP contribution in [0.2, 0.25) is 5.15 Å². The second kappa shape index (κ2) is 5.62. The van der Waals surface area contributed by atoms with Crippen LogP contribution in [0.3, 0.4) is 0 Å². The number of methoxy groups -OCH3 is 1. The standard InChI is InChI=1S/C17H14ClNO2/c1-21-13-8-6-12(7-9-13)10-19-16-5-3-2-4-14(16)15(11-20)17(19)18/h2-9,11H,10H2,1H3. The lowest BCUT2D eigenvalue weighted by atomic mass is 10.2. The molecule has 2 aromatic carbocycles. The van der Waals surface area contributed by atoms with Crippen molar-refractivity contribution in [1.82, 2.24) is 4.57 Å². The highest BCUT2D eigenvalue weighted by atomic mass is 35.5. The molecule has 0 N–H and O–H groups in total. The van der Waals surface area contributed by atoms with E-state index in [2.05, 4.69) is 0 Å². The molecule has 106 valence electrons. The summed E-state index contributed by atoms with van der Waals surface area (Å²) in [6.45, 7) is 0.608. The molecule has 3 rings (SSSR count). The molecule has 3 nitrogen and oxygen atoms in total. The first-order valence-electron chi connectivity index (χ1n) is 6.59. The van der Waals surface area contributed by atoms with Gasteiger partial charge in [-0.05, 0) is 23.8 Å². The molecule has 0 atom stereocenters. The smallest absolute Gasteiger partial charge is 0.153 e. The van der Waals surface area contributed by atoms with Crippen LogP contribution < -0.4 is 4.74 Å². The molecule has 0 aliphatic rings. The average molecular weight is 300 g/mol. The highest BCUT2D eigenvalue weighted by molar-refractivity contribution is 6.34. The maximum atomic E-state index is 11.3. The molecule has 0 aliphatic heterocycles. The Morgan fingerprint density at radius 1 is 1.14 bits per heavy atom. The van der Waals surface area contributed by atoms with E-state index < -0.39 is 0 Å². The van der Waals surface area contributed by atoms with Crippen molar-refractivity contribution in [2.45, 2.75) is 6.54 Å². The zero-order chi connectivity index (χ0) is 14.8. The normalized spacial score (nSPS) is 10.8. The molecule has 0 aliphatic carbocycles. The quantitative estimate of drug-likeness (QED) is 0.677. The van der Waals surface area contributed by atoms with Gasteiger partial charge in [0.15, 0.2) is 6.29 Å². The van der Waals surface area contributed by atoms with Gasteiger partial charge in [-0.15, -0.1) is 0 Å². The highest BCUT2D eigenvalue weighted by Crippen LogP contribution is 2.29. The van der Waals surface area contributed by atoms with Crippen molar-refractivity contribution in [3.8, 4) is 5.75 Å². The van der Waals surface area contributed by atoms with E-state index in [1.807, 2.05) is 53.1 Å². The zero-order valence-electron chi connectivity index (χ0n) is 11.5. The fourth-order valence-corrected chi connectivity index (χ4v) is 2.78. The molecular weight excluding hydrogens is 286 g/mol. The number of para-hydroxylation sites is 1. The molecule has 4 heteroatoms. The van der Waals surface area contributed by atoms with Crippen molar-refractivity contribution in [3.63, 3.8) is 0 Å². The van der Waals surface area contributed by atoms with Crippen LogP contribution in [0.1, 0.15) is 15.9 Å². The van der Waals surface area contributed by atoms with Crippen molar-refractivity contribution < 1.29 is 9.53 Å². The van der Waals surface area contributed by atoms with Crippen LogP contribution in [0.5, 0.6) is 5.75 Å². The van der Waals surface area contributed by atoms with Crippen LogP contribution in [0, 0.1) is 0 Å². The number of ether oxygens (including phenoxy) is 1. The monoisotopic (exact) mass is 299 g/mol. The number of rotatable bonds is 4. The van der Waals surface area contributed by atoms with E-state index >= 15 is 0 Å². The Balaban J connectivity index is 2.07. The molecule has 1 aromatic heterocycles. The average Bonchev–Trinajstić information content (AvgIpc) is 2.80. The van der Waals surface area contributed by atoms with Gasteiger partial charge in [-0.3, -0.25) is 4.79 Å². The summed E-state index contributed by atoms with van der Waals surface area (Å²) in [5.41, 5.74) is 2.59. The summed E-state index contributed by atoms with van der Waals surface area (Å²) < 4.78 is 7.10. The highest BCUT2D eigenvalue weighted by Gasteiger charge is 2.14. The van der Waals surface area contributed by atoms with E-state index in [-0.39, 0.29) is 0 Å². The summed E-state index contributed by atoms with van der Waals surface area (Å²) in [5, 5.41) is 1.35. The number of carbonyl (C=O) groups is 1. The molecule has 21 heavy (non-hydrogen) atoms. The third-order valence-corrected chi connectivity index (χ3v) is 3.97. The summed E-state index contributed by atoms with van der Waals surface area (Å²) >= 11 is 6.37. The second-order valence-corrected chi connectivity index (χ2v) is 5.13. The van der Waals surface area contributed by atoms with Crippen LogP contribution in [0.15, 0.2) is 48.5 Å². The van der Waals surface area contributed by atoms with Crippen molar-refractivity contribution in [3.05, 3.63) is 64.8 Å². The lowest BCUT2D eigenvalue weighted by molar-refractivity contribution is 0.112. The van der Waals surface area contributed by atoms with Gasteiger partial charge in [0, 0.05) is 11.9 Å². The van der Waals surface area contributed by atoms with Crippen LogP contribution in [-0.2, 0) is 6.54 Å². The predicted octanol–water partition coefficient (Wildman–Crippen LogP) is 4.16. The Kier molecular flexibility index (Phi) is 3.67. The molecule has 0 fully saturated rings. The van der Waals surface area contributed by atoms with E-state index in [4.69, 9.17) is 16.3 Å². The summed E-state index contributed by atoms with van der Waals surface area (Å²) in [7, 11) is 1.64. The third kappa shape index (κ3) is 2.41. The summed E-state index contributed by atoms with van der Waals surface area (Å²) in [6.07, 6.45) is 0.815. The number of carbonyl (C=O) groups excluding carboxylic acids is 1. The molecule has 0 bridgehead atoms. The molecular formula is C17H14ClNO2. The minimum atomic E-state index is 0.474. The summed E-state index contributed by atoms with van der Waals surface area (Å²) in [4.78, 5) is 11.3. The van der Waals surface area contributed by atoms with Crippen molar-refractivity contribution in [2.24, 2.45) is 0 Å². The molecule has 1 heterocycles. The Labute approximate surface area is 127 Å². The van der Waals surface area contributed by atoms with E-state index in [0.717, 1.165) is 28.5 Å². The van der Waals surface area contributed by atoms with E-state index in [9.17, 15) is 4.79 Å². The van der Waals surface area contributed by atoms with Crippen LogP contribution in [0.4, 0.5) is 0 Å². The SMILES string of the molecule is COc1ccc(Cn2c(Cl)c(C=O)c3ccccc32)cc1. The number of nitrogens with zero attached hydrogens (tertiary/aromatic N) is 1. The number of aldehydes is 1. The second-order valence-electron chi connectivity index (χ2n) is 4.77. The first-order chi connectivity index (χ1) is 10.2. The summed E-state index contributed by atoms with van der Waals surface area (Å²) in [6, 6.07) is 15.5. The van der Waals surface area contributed by atoms with Gasteiger partial charge in [0.1, 0.15) is 10.9 Å². The molecule has 0 saturated carbocycles. The minimum Gasteiger partial charge on any atom is -0.497 e. The fourth-order valence-electron chi connectivity index (χ4n) is 2.48. The van der Waals surface area contributed by atoms with Gasteiger partial charge in [-0.1, -0.05) is 41.9 Å². The lowest BCUT2D eigenvalue weighted by Gasteiger charge is -2.08. The Hall–Kier alpha value is -2.26. The van der Waals surface area contributed by atoms with Crippen molar-refractivity contribution in [2.75, 3.05) is 7.11 Å². The number of halogens is 1. The molecule has 0 amide bonds. The zero-order valence-corrected chi connectivity index (χ0v) is 12.3. The maximum absolute atomic E-state index is 11.3. The maximum Gasteiger partial charge on any atom is 0.153 e. The van der Waals surface area contributed by atoms with Gasteiger partial charge in [0.05, 0.1) is 18.2 Å². The van der Waals surface area contributed by atoms with Crippen molar-refractivity contribution >= 4 is 28.8 Å². The van der Waals surface area contributed by atoms with Crippen LogP contribution in [-0.4, -0.2) is 18.0 Å². The Morgan fingerprint density at radius 3 is 2.52 bits per heavy atom. The van der Waals surface area contributed by atoms with E-state index in [1.165, 1.54) is 0 Å². The predicted molar refractivity (Wildman–Crippen MR) is 84.4 cm³/mol. The molecule has 0 saturated heterocycles. The lowest BCUT2D eigenvalue weighted by Crippen LogP contribution is -1.99. The number of benzene rings is 2. The Morgan fingerprint density at radius 2 is 1.86 bits per heavy atom. The van der Waals surface area contributed by atoms with Gasteiger partial charge in [0.25, 0.3) is 0 Å². The number of hydrogen-bond donors (Lipinski definition) is 0. The van der Waals surface area contributed by atoms with Gasteiger partial charge in [-0.25, -0.2) is 0 Å². The first-order valence-corrected chi connectivity index (χ1v) is 6.97. The van der Waals surface area contributed by atoms with Crippen LogP contribution >= 0.6 is 11.6 Å². The largest absolute Gasteiger partial charge is 0.497 e.